The predicted molar refractivity (Wildman–Crippen MR) is 86.6 cm³/mol. The molecule has 4 nitrogen and oxygen atoms in total. The molecule has 0 saturated carbocycles. The first-order chi connectivity index (χ1) is 11.6. The normalized spacial score (nSPS) is 17.1. The van der Waals surface area contributed by atoms with E-state index in [4.69, 9.17) is 4.74 Å². The molecule has 0 spiro atoms. The van der Waals surface area contributed by atoms with Crippen LogP contribution in [0.1, 0.15) is 22.3 Å². The lowest BCUT2D eigenvalue weighted by molar-refractivity contribution is -0.128. The largest absolute Gasteiger partial charge is 0.462 e. The summed E-state index contributed by atoms with van der Waals surface area (Å²) in [6.45, 7) is 1.33. The fourth-order valence-corrected chi connectivity index (χ4v) is 2.79. The molecular weight excluding hydrogens is 309 g/mol. The van der Waals surface area contributed by atoms with Crippen molar-refractivity contribution < 1.29 is 18.7 Å². The smallest absolute Gasteiger partial charge is 0.338 e. The molecule has 1 amide bonds. The number of carbonyl (C=O) groups excluding carboxylic acids is 2. The molecule has 1 heterocycles. The third kappa shape index (κ3) is 3.98. The van der Waals surface area contributed by atoms with Gasteiger partial charge in [-0.15, -0.1) is 0 Å². The Morgan fingerprint density at radius 2 is 1.83 bits per heavy atom. The van der Waals surface area contributed by atoms with Gasteiger partial charge in [0, 0.05) is 25.4 Å². The SMILES string of the molecule is O=C(OC[C@@H]1CC(=O)N(Cc2ccccc2)C1)c1ccc(F)cc1. The molecule has 1 aliphatic heterocycles. The van der Waals surface area contributed by atoms with Gasteiger partial charge in [0.25, 0.3) is 0 Å². The maximum absolute atomic E-state index is 12.9. The van der Waals surface area contributed by atoms with E-state index in [1.165, 1.54) is 24.3 Å². The molecule has 124 valence electrons. The topological polar surface area (TPSA) is 46.6 Å². The Balaban J connectivity index is 1.51. The van der Waals surface area contributed by atoms with Crippen LogP contribution in [0.4, 0.5) is 4.39 Å². The maximum atomic E-state index is 12.9. The number of ether oxygens (including phenoxy) is 1. The second-order valence-electron chi connectivity index (χ2n) is 5.94. The molecule has 2 aromatic rings. The summed E-state index contributed by atoms with van der Waals surface area (Å²) in [5, 5.41) is 0. The molecule has 1 saturated heterocycles. The Hall–Kier alpha value is -2.69. The number of hydrogen-bond acceptors (Lipinski definition) is 3. The molecule has 0 N–H and O–H groups in total. The predicted octanol–water partition coefficient (Wildman–Crippen LogP) is 3.03. The molecule has 0 aliphatic carbocycles. The second kappa shape index (κ2) is 7.25. The lowest BCUT2D eigenvalue weighted by Crippen LogP contribution is -2.25. The number of halogens is 1. The quantitative estimate of drug-likeness (QED) is 0.793. The molecule has 0 radical (unpaired) electrons. The summed E-state index contributed by atoms with van der Waals surface area (Å²) in [4.78, 5) is 25.8. The summed E-state index contributed by atoms with van der Waals surface area (Å²) in [7, 11) is 0. The van der Waals surface area contributed by atoms with Crippen molar-refractivity contribution in [2.75, 3.05) is 13.2 Å². The summed E-state index contributed by atoms with van der Waals surface area (Å²) < 4.78 is 18.1. The van der Waals surface area contributed by atoms with Crippen LogP contribution in [0.3, 0.4) is 0 Å². The van der Waals surface area contributed by atoms with Gasteiger partial charge in [0.05, 0.1) is 12.2 Å². The van der Waals surface area contributed by atoms with Gasteiger partial charge in [-0.2, -0.15) is 0 Å². The van der Waals surface area contributed by atoms with Crippen molar-refractivity contribution in [3.8, 4) is 0 Å². The average Bonchev–Trinajstić information content (AvgIpc) is 2.94. The van der Waals surface area contributed by atoms with Gasteiger partial charge < -0.3 is 9.64 Å². The Labute approximate surface area is 139 Å². The third-order valence-corrected chi connectivity index (χ3v) is 4.04. The van der Waals surface area contributed by atoms with Gasteiger partial charge in [-0.1, -0.05) is 30.3 Å². The minimum absolute atomic E-state index is 0.00869. The lowest BCUT2D eigenvalue weighted by Gasteiger charge is -2.16. The van der Waals surface area contributed by atoms with Crippen LogP contribution in [0.5, 0.6) is 0 Å². The van der Waals surface area contributed by atoms with E-state index in [0.29, 0.717) is 25.1 Å². The lowest BCUT2D eigenvalue weighted by atomic mass is 10.1. The second-order valence-corrected chi connectivity index (χ2v) is 5.94. The minimum atomic E-state index is -0.496. The molecular formula is C19H18FNO3. The van der Waals surface area contributed by atoms with Crippen molar-refractivity contribution in [2.24, 2.45) is 5.92 Å². The molecule has 5 heteroatoms. The van der Waals surface area contributed by atoms with Crippen molar-refractivity contribution in [3.05, 3.63) is 71.5 Å². The van der Waals surface area contributed by atoms with Crippen LogP contribution in [0.25, 0.3) is 0 Å². The van der Waals surface area contributed by atoms with E-state index in [2.05, 4.69) is 0 Å². The molecule has 2 aromatic carbocycles. The van der Waals surface area contributed by atoms with Crippen molar-refractivity contribution in [1.29, 1.82) is 0 Å². The van der Waals surface area contributed by atoms with E-state index in [1.54, 1.807) is 4.90 Å². The van der Waals surface area contributed by atoms with Crippen LogP contribution in [0, 0.1) is 11.7 Å². The van der Waals surface area contributed by atoms with Crippen LogP contribution in [0.15, 0.2) is 54.6 Å². The van der Waals surface area contributed by atoms with Crippen molar-refractivity contribution in [1.82, 2.24) is 4.90 Å². The zero-order chi connectivity index (χ0) is 16.9. The molecule has 0 bridgehead atoms. The van der Waals surface area contributed by atoms with Gasteiger partial charge in [-0.05, 0) is 29.8 Å². The van der Waals surface area contributed by atoms with E-state index < -0.39 is 11.8 Å². The highest BCUT2D eigenvalue weighted by molar-refractivity contribution is 5.89. The van der Waals surface area contributed by atoms with Crippen LogP contribution < -0.4 is 0 Å². The number of carbonyl (C=O) groups is 2. The summed E-state index contributed by atoms with van der Waals surface area (Å²) in [5.41, 5.74) is 1.39. The Morgan fingerprint density at radius 1 is 1.12 bits per heavy atom. The van der Waals surface area contributed by atoms with E-state index in [1.807, 2.05) is 30.3 Å². The Morgan fingerprint density at radius 3 is 2.54 bits per heavy atom. The number of benzene rings is 2. The van der Waals surface area contributed by atoms with Crippen LogP contribution in [-0.4, -0.2) is 29.9 Å². The fourth-order valence-electron chi connectivity index (χ4n) is 2.79. The van der Waals surface area contributed by atoms with Crippen LogP contribution in [0.2, 0.25) is 0 Å². The monoisotopic (exact) mass is 327 g/mol. The molecule has 0 aromatic heterocycles. The zero-order valence-corrected chi connectivity index (χ0v) is 13.2. The molecule has 1 atom stereocenters. The number of nitrogens with zero attached hydrogens (tertiary/aromatic N) is 1. The number of hydrogen-bond donors (Lipinski definition) is 0. The molecule has 1 fully saturated rings. The zero-order valence-electron chi connectivity index (χ0n) is 13.2. The van der Waals surface area contributed by atoms with Crippen LogP contribution >= 0.6 is 0 Å². The molecule has 1 aliphatic rings. The van der Waals surface area contributed by atoms with Gasteiger partial charge in [0.2, 0.25) is 5.91 Å². The van der Waals surface area contributed by atoms with Crippen molar-refractivity contribution in [2.45, 2.75) is 13.0 Å². The molecule has 24 heavy (non-hydrogen) atoms. The van der Waals surface area contributed by atoms with Gasteiger partial charge in [-0.25, -0.2) is 9.18 Å². The first-order valence-electron chi connectivity index (χ1n) is 7.86. The summed E-state index contributed by atoms with van der Waals surface area (Å²) in [5.74, 6) is -0.833. The maximum Gasteiger partial charge on any atom is 0.338 e. The third-order valence-electron chi connectivity index (χ3n) is 4.04. The first-order valence-corrected chi connectivity index (χ1v) is 7.86. The van der Waals surface area contributed by atoms with E-state index >= 15 is 0 Å². The highest BCUT2D eigenvalue weighted by Gasteiger charge is 2.30. The standard InChI is InChI=1S/C19H18FNO3/c20-17-8-6-16(7-9-17)19(23)24-13-15-10-18(22)21(12-15)11-14-4-2-1-3-5-14/h1-9,15H,10-13H2/t15-/m1/s1. The Bertz CT molecular complexity index is 715. The Kier molecular flexibility index (Phi) is 4.89. The van der Waals surface area contributed by atoms with E-state index in [9.17, 15) is 14.0 Å². The van der Waals surface area contributed by atoms with E-state index in [0.717, 1.165) is 5.56 Å². The number of esters is 1. The minimum Gasteiger partial charge on any atom is -0.462 e. The van der Waals surface area contributed by atoms with Gasteiger partial charge in [0.15, 0.2) is 0 Å². The fraction of sp³-hybridized carbons (Fsp3) is 0.263. The molecule has 0 unspecified atom stereocenters. The van der Waals surface area contributed by atoms with Crippen LogP contribution in [-0.2, 0) is 16.1 Å². The summed E-state index contributed by atoms with van der Waals surface area (Å²) >= 11 is 0. The van der Waals surface area contributed by atoms with E-state index in [-0.39, 0.29) is 18.4 Å². The highest BCUT2D eigenvalue weighted by Crippen LogP contribution is 2.21. The van der Waals surface area contributed by atoms with Gasteiger partial charge in [-0.3, -0.25) is 4.79 Å². The van der Waals surface area contributed by atoms with Crippen molar-refractivity contribution >= 4 is 11.9 Å². The summed E-state index contributed by atoms with van der Waals surface area (Å²) in [6.07, 6.45) is 0.379. The first kappa shape index (κ1) is 16.2. The highest BCUT2D eigenvalue weighted by atomic mass is 19.1. The van der Waals surface area contributed by atoms with Gasteiger partial charge >= 0.3 is 5.97 Å². The molecule has 3 rings (SSSR count). The number of amides is 1. The summed E-state index contributed by atoms with van der Waals surface area (Å²) in [6, 6.07) is 15.0. The van der Waals surface area contributed by atoms with Crippen molar-refractivity contribution in [3.63, 3.8) is 0 Å². The average molecular weight is 327 g/mol. The number of likely N-dealkylation sites (tertiary alicyclic amines) is 1. The number of rotatable bonds is 5. The van der Waals surface area contributed by atoms with Gasteiger partial charge in [0.1, 0.15) is 5.82 Å².